The van der Waals surface area contributed by atoms with Crippen LogP contribution in [-0.4, -0.2) is 138 Å². The van der Waals surface area contributed by atoms with Crippen LogP contribution in [0.2, 0.25) is 0 Å². The van der Waals surface area contributed by atoms with E-state index in [1.54, 1.807) is 0 Å². The van der Waals surface area contributed by atoms with Gasteiger partial charge in [0.2, 0.25) is 0 Å². The van der Waals surface area contributed by atoms with Gasteiger partial charge in [-0.25, -0.2) is 9.59 Å². The van der Waals surface area contributed by atoms with Crippen molar-refractivity contribution in [1.29, 1.82) is 0 Å². The molecule has 5 aliphatic carbocycles. The Hall–Kier alpha value is -2.51. The maximum atomic E-state index is 12.5. The molecule has 7 aliphatic rings. The fourth-order valence-electron chi connectivity index (χ4n) is 12.9. The number of aliphatic hydroxyl groups is 6. The van der Waals surface area contributed by atoms with E-state index < -0.39 is 96.3 Å². The Morgan fingerprint density at radius 3 is 1.93 bits per heavy atom. The Bertz CT molecular complexity index is 1730. The van der Waals surface area contributed by atoms with E-state index in [-0.39, 0.29) is 40.1 Å². The van der Waals surface area contributed by atoms with Crippen molar-refractivity contribution in [1.82, 2.24) is 0 Å². The van der Waals surface area contributed by atoms with Crippen molar-refractivity contribution in [2.24, 2.45) is 44.3 Å². The van der Waals surface area contributed by atoms with Gasteiger partial charge in [0.25, 0.3) is 0 Å². The van der Waals surface area contributed by atoms with Crippen LogP contribution >= 0.6 is 0 Å². The number of aliphatic hydroxyl groups excluding tert-OH is 6. The number of aliphatic carboxylic acids is 3. The molecule has 0 bridgehead atoms. The average Bonchev–Trinajstić information content (AvgIpc) is 3.16. The van der Waals surface area contributed by atoms with Gasteiger partial charge in [-0.2, -0.15) is 0 Å². The zero-order valence-electron chi connectivity index (χ0n) is 34.1. The molecule has 7 rings (SSSR count). The van der Waals surface area contributed by atoms with Gasteiger partial charge in [0.1, 0.15) is 36.6 Å². The van der Waals surface area contributed by atoms with Gasteiger partial charge in [0, 0.05) is 5.41 Å². The van der Waals surface area contributed by atoms with Crippen LogP contribution in [0.15, 0.2) is 23.3 Å². The summed E-state index contributed by atoms with van der Waals surface area (Å²) in [5.74, 6) is -4.11. The van der Waals surface area contributed by atoms with E-state index in [9.17, 15) is 60.3 Å². The summed E-state index contributed by atoms with van der Waals surface area (Å²) in [6, 6.07) is 0. The van der Waals surface area contributed by atoms with E-state index in [0.717, 1.165) is 25.7 Å². The van der Waals surface area contributed by atoms with Crippen LogP contribution in [0.5, 0.6) is 0 Å². The molecule has 16 heteroatoms. The molecule has 0 radical (unpaired) electrons. The highest BCUT2D eigenvalue weighted by atomic mass is 16.8. The van der Waals surface area contributed by atoms with Gasteiger partial charge in [0.05, 0.1) is 18.1 Å². The summed E-state index contributed by atoms with van der Waals surface area (Å²) in [6.45, 7) is 12.7. The fourth-order valence-corrected chi connectivity index (χ4v) is 12.9. The van der Waals surface area contributed by atoms with Gasteiger partial charge in [-0.15, -0.1) is 0 Å². The third-order valence-corrected chi connectivity index (χ3v) is 17.0. The molecule has 5 fully saturated rings. The van der Waals surface area contributed by atoms with Crippen LogP contribution in [0.4, 0.5) is 0 Å². The molecular formula is C42H62O16. The Morgan fingerprint density at radius 2 is 1.33 bits per heavy atom. The molecule has 9 N–H and O–H groups in total. The fraction of sp³-hybridized carbons (Fsp3) is 0.833. The van der Waals surface area contributed by atoms with Crippen molar-refractivity contribution in [3.8, 4) is 0 Å². The third kappa shape index (κ3) is 6.26. The van der Waals surface area contributed by atoms with Crippen molar-refractivity contribution in [2.45, 2.75) is 167 Å². The number of rotatable bonds is 8. The molecule has 3 saturated carbocycles. The number of hydrogen-bond donors (Lipinski definition) is 9. The second-order valence-electron chi connectivity index (χ2n) is 20.1. The lowest BCUT2D eigenvalue weighted by molar-refractivity contribution is -0.372. The Balaban J connectivity index is 1.19. The lowest BCUT2D eigenvalue weighted by atomic mass is 9.35. The minimum absolute atomic E-state index is 0.0600. The molecule has 58 heavy (non-hydrogen) atoms. The second-order valence-corrected chi connectivity index (χ2v) is 20.1. The van der Waals surface area contributed by atoms with Crippen molar-refractivity contribution in [2.75, 3.05) is 6.61 Å². The molecule has 2 aliphatic heterocycles. The molecule has 0 amide bonds. The highest BCUT2D eigenvalue weighted by Crippen LogP contribution is 2.74. The summed E-state index contributed by atoms with van der Waals surface area (Å²) in [5, 5.41) is 94.4. The third-order valence-electron chi connectivity index (χ3n) is 17.0. The summed E-state index contributed by atoms with van der Waals surface area (Å²) in [6.07, 6.45) is -9.53. The van der Waals surface area contributed by atoms with E-state index in [1.807, 2.05) is 13.8 Å². The van der Waals surface area contributed by atoms with Crippen LogP contribution in [0, 0.1) is 44.3 Å². The van der Waals surface area contributed by atoms with Gasteiger partial charge in [0.15, 0.2) is 24.8 Å². The Morgan fingerprint density at radius 1 is 0.724 bits per heavy atom. The molecule has 16 nitrogen and oxygen atoms in total. The van der Waals surface area contributed by atoms with Crippen molar-refractivity contribution >= 4 is 17.9 Å². The zero-order chi connectivity index (χ0) is 42.7. The SMILES string of the molecule is CC1(C(=O)O)CCC2(C)CCC3(C)C(=C2C1)C=CC1C2(C)CCC(OC4OC(C(=O)O)C(O)C(O)C4OC4OC(C(=O)O)C(O)C(O)C4O)C(C)(CO)C2CCC13C. The Labute approximate surface area is 337 Å². The molecule has 326 valence electrons. The summed E-state index contributed by atoms with van der Waals surface area (Å²) >= 11 is 0. The summed E-state index contributed by atoms with van der Waals surface area (Å²) in [4.78, 5) is 36.5. The standard InChI is InChI=1S/C42H62O16/c1-37-13-14-38(2,36(53)54)17-20(37)19-7-8-22-39(3)11-10-23(40(4,18-43)21(39)9-12-42(22,6)41(19,5)16-15-37)55-35-31(27(47)26(46)30(57-35)33(51)52)58-34-28(48)24(44)25(45)29(56-34)32(49)50/h7-8,21-31,34-35,43-48H,9-18H2,1-6H3,(H,49,50)(H,51,52)(H,53,54). The van der Waals surface area contributed by atoms with Crippen LogP contribution in [0.3, 0.4) is 0 Å². The van der Waals surface area contributed by atoms with Gasteiger partial charge in [-0.3, -0.25) is 4.79 Å². The summed E-state index contributed by atoms with van der Waals surface area (Å²) < 4.78 is 23.3. The van der Waals surface area contributed by atoms with Gasteiger partial charge >= 0.3 is 17.9 Å². The first-order chi connectivity index (χ1) is 26.9. The first-order valence-electron chi connectivity index (χ1n) is 20.7. The minimum Gasteiger partial charge on any atom is -0.481 e. The number of ether oxygens (including phenoxy) is 4. The molecule has 19 atom stereocenters. The summed E-state index contributed by atoms with van der Waals surface area (Å²) in [5.41, 5.74) is -0.0843. The van der Waals surface area contributed by atoms with Gasteiger partial charge < -0.3 is 64.9 Å². The number of fused-ring (bicyclic) bond motifs is 6. The number of hydrogen-bond acceptors (Lipinski definition) is 13. The normalized spacial score (nSPS) is 52.8. The van der Waals surface area contributed by atoms with Crippen LogP contribution < -0.4 is 0 Å². The van der Waals surface area contributed by atoms with E-state index >= 15 is 0 Å². The van der Waals surface area contributed by atoms with Gasteiger partial charge in [-0.05, 0) is 104 Å². The van der Waals surface area contributed by atoms with Crippen LogP contribution in [-0.2, 0) is 33.3 Å². The van der Waals surface area contributed by atoms with E-state index in [4.69, 9.17) is 18.9 Å². The van der Waals surface area contributed by atoms with E-state index in [2.05, 4.69) is 39.8 Å². The summed E-state index contributed by atoms with van der Waals surface area (Å²) in [7, 11) is 0. The zero-order valence-corrected chi connectivity index (χ0v) is 34.1. The maximum Gasteiger partial charge on any atom is 0.335 e. The highest BCUT2D eigenvalue weighted by molar-refractivity contribution is 5.75. The number of carboxylic acid groups (broad SMARTS) is 3. The average molecular weight is 823 g/mol. The predicted molar refractivity (Wildman–Crippen MR) is 200 cm³/mol. The molecule has 19 unspecified atom stereocenters. The molecule has 0 aromatic carbocycles. The second kappa shape index (κ2) is 14.6. The number of carboxylic acids is 3. The van der Waals surface area contributed by atoms with Crippen molar-refractivity contribution in [3.63, 3.8) is 0 Å². The quantitative estimate of drug-likeness (QED) is 0.158. The molecule has 0 spiro atoms. The molecule has 0 aromatic rings. The first kappa shape index (κ1) is 43.6. The topological polar surface area (TPSA) is 270 Å². The van der Waals surface area contributed by atoms with E-state index in [0.29, 0.717) is 32.1 Å². The van der Waals surface area contributed by atoms with Gasteiger partial charge in [-0.1, -0.05) is 52.3 Å². The highest BCUT2D eigenvalue weighted by Gasteiger charge is 2.68. The van der Waals surface area contributed by atoms with Crippen molar-refractivity contribution < 1.29 is 79.3 Å². The molecule has 2 saturated heterocycles. The molecule has 2 heterocycles. The molecular weight excluding hydrogens is 760 g/mol. The number of carbonyl (C=O) groups is 3. The van der Waals surface area contributed by atoms with Crippen LogP contribution in [0.25, 0.3) is 0 Å². The van der Waals surface area contributed by atoms with Crippen molar-refractivity contribution in [3.05, 3.63) is 23.3 Å². The minimum atomic E-state index is -2.06. The number of allylic oxidation sites excluding steroid dienone is 4. The lowest BCUT2D eigenvalue weighted by Gasteiger charge is -2.69. The largest absolute Gasteiger partial charge is 0.481 e. The lowest BCUT2D eigenvalue weighted by Crippen LogP contribution is -2.67. The smallest absolute Gasteiger partial charge is 0.335 e. The Kier molecular flexibility index (Phi) is 10.9. The van der Waals surface area contributed by atoms with Crippen LogP contribution in [0.1, 0.15) is 99.3 Å². The predicted octanol–water partition coefficient (Wildman–Crippen LogP) is 1.96. The monoisotopic (exact) mass is 822 g/mol. The molecule has 0 aromatic heterocycles. The first-order valence-corrected chi connectivity index (χ1v) is 20.7. The van der Waals surface area contributed by atoms with E-state index in [1.165, 1.54) is 11.1 Å². The maximum absolute atomic E-state index is 12.5.